The molecule has 0 atom stereocenters. The van der Waals surface area contributed by atoms with Crippen LogP contribution in [0.4, 0.5) is 4.39 Å². The first kappa shape index (κ1) is 12.8. The summed E-state index contributed by atoms with van der Waals surface area (Å²) in [6.07, 6.45) is 0. The van der Waals surface area contributed by atoms with Crippen molar-refractivity contribution < 1.29 is 9.13 Å². The van der Waals surface area contributed by atoms with Crippen molar-refractivity contribution in [1.29, 1.82) is 0 Å². The number of thioether (sulfide) groups is 1. The summed E-state index contributed by atoms with van der Waals surface area (Å²) < 4.78 is 18.4. The molecule has 5 heteroatoms. The lowest BCUT2D eigenvalue weighted by Crippen LogP contribution is -2.16. The van der Waals surface area contributed by atoms with Gasteiger partial charge in [-0.05, 0) is 12.1 Å². The molecule has 16 heavy (non-hydrogen) atoms. The summed E-state index contributed by atoms with van der Waals surface area (Å²) in [4.78, 5) is 4.01. The molecule has 0 unspecified atom stereocenters. The second-order valence-corrected chi connectivity index (χ2v) is 3.99. The Morgan fingerprint density at radius 3 is 2.88 bits per heavy atom. The van der Waals surface area contributed by atoms with E-state index in [1.165, 1.54) is 17.8 Å². The molecule has 1 rings (SSSR count). The minimum Gasteiger partial charge on any atom is -0.490 e. The van der Waals surface area contributed by atoms with Crippen molar-refractivity contribution in [3.63, 3.8) is 0 Å². The van der Waals surface area contributed by atoms with Gasteiger partial charge in [-0.2, -0.15) is 0 Å². The summed E-state index contributed by atoms with van der Waals surface area (Å²) in [5.74, 6) is 0.690. The zero-order valence-electron chi connectivity index (χ0n) is 9.37. The topological polar surface area (TPSA) is 33.6 Å². The van der Waals surface area contributed by atoms with Crippen molar-refractivity contribution in [3.05, 3.63) is 30.1 Å². The van der Waals surface area contributed by atoms with Crippen molar-refractivity contribution in [2.24, 2.45) is 4.99 Å². The summed E-state index contributed by atoms with van der Waals surface area (Å²) in [5.41, 5.74) is 0. The van der Waals surface area contributed by atoms with Gasteiger partial charge in [0.15, 0.2) is 16.7 Å². The smallest absolute Gasteiger partial charge is 0.165 e. The molecule has 0 aliphatic heterocycles. The zero-order valence-corrected chi connectivity index (χ0v) is 10.2. The normalized spacial score (nSPS) is 11.3. The van der Waals surface area contributed by atoms with E-state index in [4.69, 9.17) is 4.74 Å². The number of aliphatic imine (C=N–C) groups is 1. The van der Waals surface area contributed by atoms with Crippen LogP contribution >= 0.6 is 11.8 Å². The Morgan fingerprint density at radius 1 is 1.50 bits per heavy atom. The van der Waals surface area contributed by atoms with Gasteiger partial charge in [-0.1, -0.05) is 23.9 Å². The molecular formula is C11H15FN2OS. The zero-order chi connectivity index (χ0) is 11.8. The van der Waals surface area contributed by atoms with E-state index in [2.05, 4.69) is 10.3 Å². The molecule has 0 heterocycles. The Balaban J connectivity index is 2.29. The molecule has 0 amide bonds. The third-order valence-corrected chi connectivity index (χ3v) is 2.86. The van der Waals surface area contributed by atoms with Crippen molar-refractivity contribution in [2.45, 2.75) is 0 Å². The number of nitrogens with one attached hydrogen (secondary N) is 1. The molecule has 0 spiro atoms. The monoisotopic (exact) mass is 242 g/mol. The molecule has 3 nitrogen and oxygen atoms in total. The van der Waals surface area contributed by atoms with Gasteiger partial charge in [-0.3, -0.25) is 4.99 Å². The fourth-order valence-electron chi connectivity index (χ4n) is 1.10. The predicted molar refractivity (Wildman–Crippen MR) is 66.8 cm³/mol. The highest BCUT2D eigenvalue weighted by Gasteiger charge is 2.01. The Kier molecular flexibility index (Phi) is 5.71. The van der Waals surface area contributed by atoms with Crippen molar-refractivity contribution >= 4 is 16.9 Å². The van der Waals surface area contributed by atoms with E-state index in [-0.39, 0.29) is 5.82 Å². The lowest BCUT2D eigenvalue weighted by molar-refractivity contribution is 0.325. The van der Waals surface area contributed by atoms with Crippen LogP contribution < -0.4 is 10.1 Å². The maximum Gasteiger partial charge on any atom is 0.165 e. The molecule has 0 aliphatic rings. The van der Waals surface area contributed by atoms with Gasteiger partial charge in [-0.25, -0.2) is 4.39 Å². The first-order valence-electron chi connectivity index (χ1n) is 4.92. The number of para-hydroxylation sites is 1. The molecule has 0 aromatic heterocycles. The number of rotatable bonds is 4. The first-order chi connectivity index (χ1) is 7.77. The van der Waals surface area contributed by atoms with Gasteiger partial charge in [-0.15, -0.1) is 0 Å². The molecule has 0 aliphatic carbocycles. The predicted octanol–water partition coefficient (Wildman–Crippen LogP) is 2.14. The third-order valence-electron chi connectivity index (χ3n) is 1.83. The highest BCUT2D eigenvalue weighted by atomic mass is 32.2. The van der Waals surface area contributed by atoms with Crippen LogP contribution in [0.2, 0.25) is 0 Å². The summed E-state index contributed by atoms with van der Waals surface area (Å²) >= 11 is 1.54. The minimum atomic E-state index is -0.328. The van der Waals surface area contributed by atoms with Gasteiger partial charge < -0.3 is 10.1 Å². The van der Waals surface area contributed by atoms with E-state index < -0.39 is 0 Å². The van der Waals surface area contributed by atoms with Gasteiger partial charge in [0.25, 0.3) is 0 Å². The number of nitrogens with zero attached hydrogens (tertiary/aromatic N) is 1. The van der Waals surface area contributed by atoms with Crippen LogP contribution in [-0.4, -0.2) is 31.6 Å². The minimum absolute atomic E-state index is 0.294. The molecule has 88 valence electrons. The molecular weight excluding hydrogens is 227 g/mol. The van der Waals surface area contributed by atoms with E-state index in [0.29, 0.717) is 12.4 Å². The molecule has 1 N–H and O–H groups in total. The lowest BCUT2D eigenvalue weighted by Gasteiger charge is -2.07. The summed E-state index contributed by atoms with van der Waals surface area (Å²) in [6, 6.07) is 6.39. The highest BCUT2D eigenvalue weighted by Crippen LogP contribution is 2.15. The van der Waals surface area contributed by atoms with Crippen LogP contribution in [0.3, 0.4) is 0 Å². The van der Waals surface area contributed by atoms with Gasteiger partial charge in [0.05, 0.1) is 6.61 Å². The van der Waals surface area contributed by atoms with Crippen LogP contribution in [0.15, 0.2) is 29.3 Å². The molecule has 0 saturated carbocycles. The summed E-state index contributed by atoms with van der Waals surface area (Å²) in [5, 5.41) is 3.79. The van der Waals surface area contributed by atoms with Crippen LogP contribution in [0.5, 0.6) is 5.75 Å². The molecule has 1 aromatic rings. The Bertz CT molecular complexity index is 358. The van der Waals surface area contributed by atoms with Gasteiger partial charge in [0.1, 0.15) is 0 Å². The molecule has 0 fully saturated rings. The van der Waals surface area contributed by atoms with E-state index in [0.717, 1.165) is 10.9 Å². The standard InChI is InChI=1S/C11H15FN2OS/c1-13-11(14-2)16-8-7-15-10-6-4-3-5-9(10)12/h3-6H,7-8H2,1-2H3,(H,13,14). The lowest BCUT2D eigenvalue weighted by atomic mass is 10.3. The molecule has 0 bridgehead atoms. The fourth-order valence-corrected chi connectivity index (χ4v) is 1.73. The van der Waals surface area contributed by atoms with E-state index in [1.54, 1.807) is 25.2 Å². The quantitative estimate of drug-likeness (QED) is 0.499. The van der Waals surface area contributed by atoms with Crippen LogP contribution in [0.25, 0.3) is 0 Å². The van der Waals surface area contributed by atoms with Gasteiger partial charge in [0, 0.05) is 19.8 Å². The van der Waals surface area contributed by atoms with Crippen LogP contribution in [0, 0.1) is 5.82 Å². The number of halogens is 1. The third kappa shape index (κ3) is 4.10. The van der Waals surface area contributed by atoms with E-state index >= 15 is 0 Å². The summed E-state index contributed by atoms with van der Waals surface area (Å²) in [7, 11) is 3.53. The Hall–Kier alpha value is -1.23. The van der Waals surface area contributed by atoms with Gasteiger partial charge >= 0.3 is 0 Å². The Morgan fingerprint density at radius 2 is 2.25 bits per heavy atom. The SMILES string of the molecule is CN=C(NC)SCCOc1ccccc1F. The number of ether oxygens (including phenoxy) is 1. The number of amidine groups is 1. The molecule has 0 saturated heterocycles. The Labute approximate surface area is 99.1 Å². The van der Waals surface area contributed by atoms with Crippen molar-refractivity contribution in [2.75, 3.05) is 26.5 Å². The second kappa shape index (κ2) is 7.11. The molecule has 0 radical (unpaired) electrons. The largest absolute Gasteiger partial charge is 0.490 e. The van der Waals surface area contributed by atoms with E-state index in [1.807, 2.05) is 7.05 Å². The second-order valence-electron chi connectivity index (χ2n) is 2.91. The molecule has 1 aromatic carbocycles. The summed E-state index contributed by atoms with van der Waals surface area (Å²) in [6.45, 7) is 0.451. The average Bonchev–Trinajstić information content (AvgIpc) is 2.31. The number of hydrogen-bond acceptors (Lipinski definition) is 3. The maximum atomic E-state index is 13.1. The number of hydrogen-bond donors (Lipinski definition) is 1. The number of benzene rings is 1. The first-order valence-corrected chi connectivity index (χ1v) is 5.91. The fraction of sp³-hybridized carbons (Fsp3) is 0.364. The highest BCUT2D eigenvalue weighted by molar-refractivity contribution is 8.13. The van der Waals surface area contributed by atoms with Crippen molar-refractivity contribution in [1.82, 2.24) is 5.32 Å². The van der Waals surface area contributed by atoms with Gasteiger partial charge in [0.2, 0.25) is 0 Å². The average molecular weight is 242 g/mol. The van der Waals surface area contributed by atoms with E-state index in [9.17, 15) is 4.39 Å². The van der Waals surface area contributed by atoms with Crippen molar-refractivity contribution in [3.8, 4) is 5.75 Å². The van der Waals surface area contributed by atoms with Crippen LogP contribution in [0.1, 0.15) is 0 Å². The maximum absolute atomic E-state index is 13.1. The van der Waals surface area contributed by atoms with Crippen LogP contribution in [-0.2, 0) is 0 Å².